The van der Waals surface area contributed by atoms with Crippen LogP contribution in [0.4, 0.5) is 10.5 Å². The summed E-state index contributed by atoms with van der Waals surface area (Å²) in [5, 5.41) is 2.73. The number of hydrazine groups is 1. The van der Waals surface area contributed by atoms with Crippen molar-refractivity contribution >= 4 is 26.0 Å². The second-order valence-corrected chi connectivity index (χ2v) is 16.4. The lowest BCUT2D eigenvalue weighted by Crippen LogP contribution is -2.51. The maximum Gasteiger partial charge on any atom is 0.408 e. The number of anilines is 1. The molecule has 0 saturated carbocycles. The Morgan fingerprint density at radius 2 is 1.54 bits per heavy atom. The summed E-state index contributed by atoms with van der Waals surface area (Å²) in [5.74, 6) is -0.457. The summed E-state index contributed by atoms with van der Waals surface area (Å²) < 4.78 is 17.4. The average Bonchev–Trinajstić information content (AvgIpc) is 2.80. The van der Waals surface area contributed by atoms with E-state index < -0.39 is 32.0 Å². The van der Waals surface area contributed by atoms with Crippen molar-refractivity contribution in [1.29, 1.82) is 0 Å². The first-order valence-corrected chi connectivity index (χ1v) is 15.5. The molecule has 1 atom stereocenters. The molecular weight excluding hydrogens is 486 g/mol. The quantitative estimate of drug-likeness (QED) is 0.253. The fourth-order valence-electron chi connectivity index (χ4n) is 2.94. The van der Waals surface area contributed by atoms with Crippen molar-refractivity contribution in [3.63, 3.8) is 0 Å². The Hall–Kier alpha value is -2.88. The Morgan fingerprint density at radius 3 is 2.16 bits per heavy atom. The van der Waals surface area contributed by atoms with Gasteiger partial charge in [-0.2, -0.15) is 0 Å². The zero-order valence-corrected chi connectivity index (χ0v) is 24.4. The van der Waals surface area contributed by atoms with Gasteiger partial charge < -0.3 is 19.2 Å². The molecule has 0 spiro atoms. The topological polar surface area (TPSA) is 97.9 Å². The van der Waals surface area contributed by atoms with Gasteiger partial charge in [-0.25, -0.2) is 4.79 Å². The third-order valence-corrected chi connectivity index (χ3v) is 10.5. The lowest BCUT2D eigenvalue weighted by Gasteiger charge is -2.36. The van der Waals surface area contributed by atoms with Crippen molar-refractivity contribution in [2.24, 2.45) is 0 Å². The van der Waals surface area contributed by atoms with Crippen LogP contribution in [-0.2, 0) is 31.9 Å². The number of carbonyl (C=O) groups is 2. The van der Waals surface area contributed by atoms with Gasteiger partial charge in [0, 0.05) is 0 Å². The van der Waals surface area contributed by atoms with Gasteiger partial charge in [0.15, 0.2) is 8.32 Å². The summed E-state index contributed by atoms with van der Waals surface area (Å²) in [7, 11) is -1.88. The van der Waals surface area contributed by atoms with E-state index in [0.717, 1.165) is 11.1 Å². The molecule has 2 aromatic rings. The van der Waals surface area contributed by atoms with Gasteiger partial charge in [-0.15, -0.1) is 0 Å². The molecule has 0 bridgehead atoms. The molecule has 37 heavy (non-hydrogen) atoms. The van der Waals surface area contributed by atoms with Gasteiger partial charge >= 0.3 is 6.09 Å². The minimum Gasteiger partial charge on any atom is -0.444 e. The molecule has 0 unspecified atom stereocenters. The van der Waals surface area contributed by atoms with Crippen molar-refractivity contribution in [2.75, 3.05) is 12.0 Å². The van der Waals surface area contributed by atoms with Crippen LogP contribution in [0.1, 0.15) is 52.7 Å². The molecule has 204 valence electrons. The summed E-state index contributed by atoms with van der Waals surface area (Å²) in [6.07, 6.45) is -0.694. The van der Waals surface area contributed by atoms with E-state index in [1.165, 1.54) is 0 Å². The number of nitrogens with one attached hydrogen (secondary N) is 3. The summed E-state index contributed by atoms with van der Waals surface area (Å²) in [5.41, 5.74) is 7.57. The molecule has 2 aromatic carbocycles. The van der Waals surface area contributed by atoms with Crippen LogP contribution in [-0.4, -0.2) is 38.6 Å². The van der Waals surface area contributed by atoms with E-state index in [-0.39, 0.29) is 11.6 Å². The summed E-state index contributed by atoms with van der Waals surface area (Å²) in [4.78, 5) is 25.3. The molecule has 9 heteroatoms. The molecular formula is C28H43N3O5Si. The number of rotatable bonds is 11. The van der Waals surface area contributed by atoms with Gasteiger partial charge in [0.25, 0.3) is 5.91 Å². The standard InChI is InChI=1S/C28H43N3O5Si/c1-27(2,3)36-26(33)29-24(20-34-18-21-13-10-9-11-14-21)25(32)31-30-23-16-12-15-22(17-23)19-35-37(7,8)28(4,5)6/h9-17,24,30H,18-20H2,1-8H3,(H,29,33)(H,31,32)/t24-/m0/s1. The predicted molar refractivity (Wildman–Crippen MR) is 149 cm³/mol. The molecule has 0 heterocycles. The highest BCUT2D eigenvalue weighted by Crippen LogP contribution is 2.37. The van der Waals surface area contributed by atoms with Gasteiger partial charge in [-0.05, 0) is 62.2 Å². The maximum atomic E-state index is 13.0. The van der Waals surface area contributed by atoms with E-state index in [1.807, 2.05) is 54.6 Å². The molecule has 2 rings (SSSR count). The second kappa shape index (κ2) is 13.1. The van der Waals surface area contributed by atoms with E-state index in [2.05, 4.69) is 50.0 Å². The van der Waals surface area contributed by atoms with Gasteiger partial charge in [0.2, 0.25) is 0 Å². The molecule has 0 saturated heterocycles. The molecule has 0 aliphatic heterocycles. The highest BCUT2D eigenvalue weighted by molar-refractivity contribution is 6.74. The van der Waals surface area contributed by atoms with E-state index in [0.29, 0.717) is 18.9 Å². The molecule has 0 aromatic heterocycles. The van der Waals surface area contributed by atoms with Crippen LogP contribution < -0.4 is 16.2 Å². The van der Waals surface area contributed by atoms with Crippen LogP contribution in [0, 0.1) is 0 Å². The first-order chi connectivity index (χ1) is 17.2. The number of alkyl carbamates (subject to hydrolysis) is 1. The van der Waals surface area contributed by atoms with Gasteiger partial charge in [0.05, 0.1) is 25.5 Å². The Bertz CT molecular complexity index is 1020. The molecule has 0 radical (unpaired) electrons. The second-order valence-electron chi connectivity index (χ2n) is 11.6. The van der Waals surface area contributed by atoms with Crippen LogP contribution >= 0.6 is 0 Å². The zero-order valence-electron chi connectivity index (χ0n) is 23.4. The molecule has 0 aliphatic carbocycles. The molecule has 0 fully saturated rings. The lowest BCUT2D eigenvalue weighted by molar-refractivity contribution is -0.124. The number of hydrogen-bond donors (Lipinski definition) is 3. The fraction of sp³-hybridized carbons (Fsp3) is 0.500. The smallest absolute Gasteiger partial charge is 0.408 e. The molecule has 2 amide bonds. The van der Waals surface area contributed by atoms with Crippen molar-refractivity contribution in [2.45, 2.75) is 84.5 Å². The minimum atomic E-state index is -1.88. The first kappa shape index (κ1) is 30.3. The number of amides is 2. The normalized spacial score (nSPS) is 13.0. The van der Waals surface area contributed by atoms with E-state index >= 15 is 0 Å². The molecule has 3 N–H and O–H groups in total. The van der Waals surface area contributed by atoms with E-state index in [9.17, 15) is 9.59 Å². The lowest BCUT2D eigenvalue weighted by atomic mass is 10.2. The van der Waals surface area contributed by atoms with Crippen LogP contribution in [0.2, 0.25) is 18.1 Å². The van der Waals surface area contributed by atoms with E-state index in [1.54, 1.807) is 20.8 Å². The minimum absolute atomic E-state index is 0.0257. The number of ether oxygens (including phenoxy) is 2. The van der Waals surface area contributed by atoms with Gasteiger partial charge in [0.1, 0.15) is 11.6 Å². The highest BCUT2D eigenvalue weighted by Gasteiger charge is 2.37. The van der Waals surface area contributed by atoms with E-state index in [4.69, 9.17) is 13.9 Å². The van der Waals surface area contributed by atoms with Gasteiger partial charge in [-0.3, -0.25) is 15.6 Å². The Labute approximate surface area is 222 Å². The zero-order chi connectivity index (χ0) is 27.7. The third kappa shape index (κ3) is 10.9. The SMILES string of the molecule is CC(C)(C)OC(=O)N[C@@H](COCc1ccccc1)C(=O)NNc1cccc(CO[Si](C)(C)C(C)(C)C)c1. The van der Waals surface area contributed by atoms with Crippen molar-refractivity contribution in [3.8, 4) is 0 Å². The van der Waals surface area contributed by atoms with Crippen LogP contribution in [0.25, 0.3) is 0 Å². The molecule has 8 nitrogen and oxygen atoms in total. The summed E-state index contributed by atoms with van der Waals surface area (Å²) in [6.45, 7) is 17.1. The first-order valence-electron chi connectivity index (χ1n) is 12.6. The van der Waals surface area contributed by atoms with Crippen molar-refractivity contribution < 1.29 is 23.5 Å². The maximum absolute atomic E-state index is 13.0. The number of benzene rings is 2. The van der Waals surface area contributed by atoms with Crippen LogP contribution in [0.5, 0.6) is 0 Å². The Kier molecular flexibility index (Phi) is 10.7. The van der Waals surface area contributed by atoms with Crippen molar-refractivity contribution in [1.82, 2.24) is 10.7 Å². The third-order valence-electron chi connectivity index (χ3n) is 6.07. The molecule has 0 aliphatic rings. The Morgan fingerprint density at radius 1 is 0.892 bits per heavy atom. The monoisotopic (exact) mass is 529 g/mol. The number of hydrogen-bond acceptors (Lipinski definition) is 6. The fourth-order valence-corrected chi connectivity index (χ4v) is 3.90. The van der Waals surface area contributed by atoms with Crippen LogP contribution in [0.3, 0.4) is 0 Å². The largest absolute Gasteiger partial charge is 0.444 e. The summed E-state index contributed by atoms with van der Waals surface area (Å²) in [6, 6.07) is 16.3. The van der Waals surface area contributed by atoms with Gasteiger partial charge in [-0.1, -0.05) is 63.2 Å². The highest BCUT2D eigenvalue weighted by atomic mass is 28.4. The van der Waals surface area contributed by atoms with Crippen LogP contribution in [0.15, 0.2) is 54.6 Å². The average molecular weight is 530 g/mol. The Balaban J connectivity index is 1.99. The van der Waals surface area contributed by atoms with Crippen molar-refractivity contribution in [3.05, 3.63) is 65.7 Å². The number of carbonyl (C=O) groups excluding carboxylic acids is 2. The summed E-state index contributed by atoms with van der Waals surface area (Å²) >= 11 is 0. The predicted octanol–water partition coefficient (Wildman–Crippen LogP) is 5.76.